The van der Waals surface area contributed by atoms with Gasteiger partial charge in [-0.25, -0.2) is 9.59 Å². The summed E-state index contributed by atoms with van der Waals surface area (Å²) in [6.45, 7) is 14.7. The number of ether oxygens (including phenoxy) is 4. The maximum Gasteiger partial charge on any atom is 0.354 e. The average molecular weight is 462 g/mol. The van der Waals surface area contributed by atoms with Crippen LogP contribution < -0.4 is 0 Å². The van der Waals surface area contributed by atoms with E-state index >= 15 is 0 Å². The molecule has 9 heteroatoms. The molecular formula is C24H30O9. The highest BCUT2D eigenvalue weighted by atomic mass is 16.6. The summed E-state index contributed by atoms with van der Waals surface area (Å²) >= 11 is 0. The largest absolute Gasteiger partial charge is 0.458 e. The van der Waals surface area contributed by atoms with Gasteiger partial charge in [0.15, 0.2) is 0 Å². The number of aliphatic hydroxyl groups is 1. The number of esters is 4. The zero-order valence-electron chi connectivity index (χ0n) is 19.5. The molecule has 0 unspecified atom stereocenters. The van der Waals surface area contributed by atoms with Crippen molar-refractivity contribution in [3.8, 4) is 0 Å². The van der Waals surface area contributed by atoms with E-state index in [-0.39, 0.29) is 17.4 Å². The summed E-state index contributed by atoms with van der Waals surface area (Å²) in [7, 11) is 0. The van der Waals surface area contributed by atoms with Crippen LogP contribution in [0, 0.1) is 17.8 Å². The first-order valence-electron chi connectivity index (χ1n) is 10.8. The molecule has 8 atom stereocenters. The van der Waals surface area contributed by atoms with E-state index in [1.165, 1.54) is 20.8 Å². The summed E-state index contributed by atoms with van der Waals surface area (Å²) < 4.78 is 21.8. The zero-order chi connectivity index (χ0) is 24.8. The second kappa shape index (κ2) is 8.78. The summed E-state index contributed by atoms with van der Waals surface area (Å²) in [6, 6.07) is 0. The number of carbonyl (C=O) groups excluding carboxylic acids is 4. The Morgan fingerprint density at radius 3 is 2.42 bits per heavy atom. The van der Waals surface area contributed by atoms with Crippen LogP contribution in [-0.4, -0.2) is 59.0 Å². The molecule has 0 bridgehead atoms. The molecule has 0 aromatic carbocycles. The van der Waals surface area contributed by atoms with Gasteiger partial charge in [0.1, 0.15) is 18.3 Å². The van der Waals surface area contributed by atoms with E-state index in [9.17, 15) is 24.3 Å². The molecular weight excluding hydrogens is 432 g/mol. The monoisotopic (exact) mass is 462 g/mol. The molecule has 0 aromatic heterocycles. The Labute approximate surface area is 192 Å². The van der Waals surface area contributed by atoms with E-state index in [1.807, 2.05) is 6.92 Å². The van der Waals surface area contributed by atoms with Gasteiger partial charge in [-0.05, 0) is 44.8 Å². The van der Waals surface area contributed by atoms with Crippen LogP contribution in [0.1, 0.15) is 41.0 Å². The fourth-order valence-corrected chi connectivity index (χ4v) is 5.00. The molecule has 1 heterocycles. The standard InChI is InChI=1S/C24H30O9/c1-10-8-18(31-23(29)24(7,33-15(6)26)13(4)30-14(5)25)20-12(3)22(28)32-21(20)19-11(2)17(27)9-16(10)19/h8,13,16-21,27H,2-3,9H2,1,4-7H3/t13-,16-,17-,18-,19-,20+,21+,24-/m0/s1. The molecule has 0 amide bonds. The Hall–Kier alpha value is -2.94. The Morgan fingerprint density at radius 1 is 1.21 bits per heavy atom. The zero-order valence-corrected chi connectivity index (χ0v) is 19.5. The fourth-order valence-electron chi connectivity index (χ4n) is 5.00. The van der Waals surface area contributed by atoms with E-state index in [0.717, 1.165) is 12.5 Å². The number of carbonyl (C=O) groups is 4. The molecule has 33 heavy (non-hydrogen) atoms. The van der Waals surface area contributed by atoms with E-state index in [4.69, 9.17) is 18.9 Å². The van der Waals surface area contributed by atoms with Crippen molar-refractivity contribution in [2.24, 2.45) is 17.8 Å². The molecule has 1 saturated carbocycles. The van der Waals surface area contributed by atoms with Gasteiger partial charge in [0.2, 0.25) is 5.60 Å². The van der Waals surface area contributed by atoms with Crippen molar-refractivity contribution >= 4 is 23.9 Å². The predicted octanol–water partition coefficient (Wildman–Crippen LogP) is 1.78. The fraction of sp³-hybridized carbons (Fsp3) is 0.583. The van der Waals surface area contributed by atoms with Gasteiger partial charge in [0.25, 0.3) is 0 Å². The minimum absolute atomic E-state index is 0.138. The van der Waals surface area contributed by atoms with Crippen LogP contribution in [0.3, 0.4) is 0 Å². The molecule has 2 fully saturated rings. The normalized spacial score (nSPS) is 33.5. The van der Waals surface area contributed by atoms with Crippen LogP contribution in [-0.2, 0) is 38.1 Å². The first kappa shape index (κ1) is 24.7. The van der Waals surface area contributed by atoms with E-state index in [2.05, 4.69) is 13.2 Å². The first-order chi connectivity index (χ1) is 15.3. The van der Waals surface area contributed by atoms with Gasteiger partial charge in [-0.1, -0.05) is 18.7 Å². The maximum atomic E-state index is 13.3. The van der Waals surface area contributed by atoms with Gasteiger partial charge in [0, 0.05) is 25.3 Å². The number of allylic oxidation sites excluding steroid dienone is 1. The molecule has 9 nitrogen and oxygen atoms in total. The third-order valence-electron chi connectivity index (χ3n) is 6.87. The molecule has 2 aliphatic carbocycles. The Morgan fingerprint density at radius 2 is 1.85 bits per heavy atom. The Kier molecular flexibility index (Phi) is 6.57. The van der Waals surface area contributed by atoms with Crippen LogP contribution in [0.25, 0.3) is 0 Å². The Balaban J connectivity index is 1.98. The predicted molar refractivity (Wildman–Crippen MR) is 114 cm³/mol. The van der Waals surface area contributed by atoms with Crippen molar-refractivity contribution < 1.29 is 43.2 Å². The highest BCUT2D eigenvalue weighted by Gasteiger charge is 2.57. The second-order valence-electron chi connectivity index (χ2n) is 9.11. The smallest absolute Gasteiger partial charge is 0.354 e. The molecule has 0 aromatic rings. The highest BCUT2D eigenvalue weighted by Crippen LogP contribution is 2.51. The topological polar surface area (TPSA) is 125 Å². The van der Waals surface area contributed by atoms with Crippen LogP contribution in [0.15, 0.2) is 36.0 Å². The van der Waals surface area contributed by atoms with Crippen molar-refractivity contribution in [1.82, 2.24) is 0 Å². The molecule has 180 valence electrons. The molecule has 0 radical (unpaired) electrons. The van der Waals surface area contributed by atoms with E-state index in [0.29, 0.717) is 12.0 Å². The molecule has 0 spiro atoms. The highest BCUT2D eigenvalue weighted by molar-refractivity contribution is 5.91. The minimum Gasteiger partial charge on any atom is -0.458 e. The number of fused-ring (bicyclic) bond motifs is 3. The van der Waals surface area contributed by atoms with Crippen LogP contribution in [0.5, 0.6) is 0 Å². The van der Waals surface area contributed by atoms with Crippen LogP contribution in [0.4, 0.5) is 0 Å². The number of aliphatic hydroxyl groups excluding tert-OH is 1. The third kappa shape index (κ3) is 4.34. The van der Waals surface area contributed by atoms with Gasteiger partial charge in [-0.3, -0.25) is 9.59 Å². The first-order valence-corrected chi connectivity index (χ1v) is 10.8. The summed E-state index contributed by atoms with van der Waals surface area (Å²) in [4.78, 5) is 48.9. The SMILES string of the molecule is C=C1C(=O)O[C@@H]2[C@H]3C(=C)[C@@H](O)C[C@H]3C(C)=C[C@H](OC(=O)[C@@](C)(OC(C)=O)[C@H](C)OC(C)=O)[C@@H]12. The third-order valence-corrected chi connectivity index (χ3v) is 6.87. The van der Waals surface area contributed by atoms with Crippen molar-refractivity contribution in [1.29, 1.82) is 0 Å². The molecule has 3 aliphatic rings. The van der Waals surface area contributed by atoms with E-state index in [1.54, 1.807) is 6.08 Å². The van der Waals surface area contributed by atoms with Crippen LogP contribution in [0.2, 0.25) is 0 Å². The van der Waals surface area contributed by atoms with Gasteiger partial charge in [-0.15, -0.1) is 0 Å². The molecule has 1 saturated heterocycles. The Bertz CT molecular complexity index is 948. The van der Waals surface area contributed by atoms with Crippen molar-refractivity contribution in [3.63, 3.8) is 0 Å². The lowest BCUT2D eigenvalue weighted by Crippen LogP contribution is -2.53. The molecule has 3 rings (SSSR count). The molecule has 1 aliphatic heterocycles. The summed E-state index contributed by atoms with van der Waals surface area (Å²) in [6.07, 6.45) is -1.43. The van der Waals surface area contributed by atoms with Crippen molar-refractivity contribution in [2.75, 3.05) is 0 Å². The summed E-state index contributed by atoms with van der Waals surface area (Å²) in [5, 5.41) is 10.4. The van der Waals surface area contributed by atoms with Crippen molar-refractivity contribution in [2.45, 2.75) is 71.1 Å². The molecule has 1 N–H and O–H groups in total. The number of hydrogen-bond donors (Lipinski definition) is 1. The van der Waals surface area contributed by atoms with Gasteiger partial charge < -0.3 is 24.1 Å². The summed E-state index contributed by atoms with van der Waals surface area (Å²) in [5.41, 5.74) is -0.387. The lowest BCUT2D eigenvalue weighted by atomic mass is 9.80. The average Bonchev–Trinajstić information content (AvgIpc) is 3.11. The number of rotatable bonds is 5. The number of hydrogen-bond acceptors (Lipinski definition) is 9. The summed E-state index contributed by atoms with van der Waals surface area (Å²) in [5.74, 6) is -4.20. The van der Waals surface area contributed by atoms with Crippen LogP contribution >= 0.6 is 0 Å². The maximum absolute atomic E-state index is 13.3. The van der Waals surface area contributed by atoms with Gasteiger partial charge in [-0.2, -0.15) is 0 Å². The lowest BCUT2D eigenvalue weighted by molar-refractivity contribution is -0.200. The lowest BCUT2D eigenvalue weighted by Gasteiger charge is -2.34. The van der Waals surface area contributed by atoms with E-state index < -0.39 is 59.8 Å². The minimum atomic E-state index is -1.93. The van der Waals surface area contributed by atoms with Crippen molar-refractivity contribution in [3.05, 3.63) is 36.0 Å². The quantitative estimate of drug-likeness (QED) is 0.282. The second-order valence-corrected chi connectivity index (χ2v) is 9.11. The van der Waals surface area contributed by atoms with Gasteiger partial charge in [0.05, 0.1) is 12.0 Å². The van der Waals surface area contributed by atoms with Gasteiger partial charge >= 0.3 is 23.9 Å².